The zero-order chi connectivity index (χ0) is 14.3. The summed E-state index contributed by atoms with van der Waals surface area (Å²) in [6, 6.07) is 5.45. The van der Waals surface area contributed by atoms with E-state index in [1.165, 1.54) is 11.3 Å². The first kappa shape index (κ1) is 13.1. The number of carbonyl (C=O) groups excluding carboxylic acids is 1. The maximum absolute atomic E-state index is 12.5. The number of aromatic nitrogens is 2. The number of halogens is 1. The molecular formula is C14H12ClN3OS. The third-order valence-corrected chi connectivity index (χ3v) is 4.33. The average Bonchev–Trinajstić information content (AvgIpc) is 2.94. The number of amides is 1. The Hall–Kier alpha value is -1.85. The van der Waals surface area contributed by atoms with E-state index in [1.807, 2.05) is 37.6 Å². The molecule has 0 saturated heterocycles. The molecule has 2 aromatic heterocycles. The normalized spacial score (nSPS) is 10.9. The Bertz CT molecular complexity index is 806. The predicted octanol–water partition coefficient (Wildman–Crippen LogP) is 3.92. The second kappa shape index (κ2) is 4.92. The molecular weight excluding hydrogens is 294 g/mol. The van der Waals surface area contributed by atoms with E-state index in [0.717, 1.165) is 10.5 Å². The second-order valence-electron chi connectivity index (χ2n) is 4.47. The summed E-state index contributed by atoms with van der Waals surface area (Å²) < 4.78 is 1.80. The highest BCUT2D eigenvalue weighted by Gasteiger charge is 2.18. The van der Waals surface area contributed by atoms with Crippen LogP contribution in [0.25, 0.3) is 4.96 Å². The zero-order valence-corrected chi connectivity index (χ0v) is 12.5. The van der Waals surface area contributed by atoms with E-state index in [-0.39, 0.29) is 5.91 Å². The molecule has 1 amide bonds. The summed E-state index contributed by atoms with van der Waals surface area (Å²) in [5.74, 6) is -0.182. The molecule has 0 unspecified atom stereocenters. The van der Waals surface area contributed by atoms with E-state index in [9.17, 15) is 4.79 Å². The molecule has 3 rings (SSSR count). The lowest BCUT2D eigenvalue weighted by Gasteiger charge is -2.09. The van der Waals surface area contributed by atoms with Crippen LogP contribution in [-0.4, -0.2) is 15.3 Å². The second-order valence-corrected chi connectivity index (χ2v) is 5.75. The lowest BCUT2D eigenvalue weighted by atomic mass is 10.2. The highest BCUT2D eigenvalue weighted by atomic mass is 35.5. The molecule has 0 spiro atoms. The van der Waals surface area contributed by atoms with Crippen molar-refractivity contribution in [2.24, 2.45) is 0 Å². The van der Waals surface area contributed by atoms with Crippen LogP contribution >= 0.6 is 22.9 Å². The standard InChI is InChI=1S/C14H12ClN3OS/c1-8-10(15)4-3-5-11(8)17-13(19)12-9(2)16-14-18(12)6-7-20-14/h3-7H,1-2H3,(H,17,19). The molecule has 0 bridgehead atoms. The van der Waals surface area contributed by atoms with Gasteiger partial charge in [-0.15, -0.1) is 11.3 Å². The predicted molar refractivity (Wildman–Crippen MR) is 81.9 cm³/mol. The number of nitrogens with one attached hydrogen (secondary N) is 1. The number of hydrogen-bond donors (Lipinski definition) is 1. The number of imidazole rings is 1. The summed E-state index contributed by atoms with van der Waals surface area (Å²) in [6.07, 6.45) is 1.85. The average molecular weight is 306 g/mol. The fourth-order valence-corrected chi connectivity index (χ4v) is 3.03. The summed E-state index contributed by atoms with van der Waals surface area (Å²) in [4.78, 5) is 17.6. The van der Waals surface area contributed by atoms with Crippen LogP contribution in [-0.2, 0) is 0 Å². The van der Waals surface area contributed by atoms with Gasteiger partial charge in [0, 0.05) is 22.3 Å². The summed E-state index contributed by atoms with van der Waals surface area (Å²) >= 11 is 7.57. The Morgan fingerprint density at radius 3 is 3.00 bits per heavy atom. The van der Waals surface area contributed by atoms with Gasteiger partial charge < -0.3 is 5.32 Å². The Morgan fingerprint density at radius 1 is 1.40 bits per heavy atom. The Labute approximate surface area is 125 Å². The van der Waals surface area contributed by atoms with Crippen molar-refractivity contribution in [2.75, 3.05) is 5.32 Å². The van der Waals surface area contributed by atoms with Crippen LogP contribution in [0.4, 0.5) is 5.69 Å². The van der Waals surface area contributed by atoms with Gasteiger partial charge in [0.25, 0.3) is 5.91 Å². The van der Waals surface area contributed by atoms with Gasteiger partial charge in [0.05, 0.1) is 5.69 Å². The molecule has 0 aliphatic rings. The highest BCUT2D eigenvalue weighted by molar-refractivity contribution is 7.15. The van der Waals surface area contributed by atoms with E-state index < -0.39 is 0 Å². The number of aryl methyl sites for hydroxylation is 1. The Balaban J connectivity index is 1.99. The highest BCUT2D eigenvalue weighted by Crippen LogP contribution is 2.24. The minimum absolute atomic E-state index is 0.182. The van der Waals surface area contributed by atoms with Crippen LogP contribution in [0.1, 0.15) is 21.7 Å². The molecule has 0 aliphatic heterocycles. The maximum atomic E-state index is 12.5. The first-order valence-corrected chi connectivity index (χ1v) is 7.32. The molecule has 2 heterocycles. The number of fused-ring (bicyclic) bond motifs is 1. The number of hydrogen-bond acceptors (Lipinski definition) is 3. The lowest BCUT2D eigenvalue weighted by molar-refractivity contribution is 0.102. The molecule has 102 valence electrons. The van der Waals surface area contributed by atoms with Crippen LogP contribution in [0.3, 0.4) is 0 Å². The third kappa shape index (κ3) is 2.09. The molecule has 0 fully saturated rings. The van der Waals surface area contributed by atoms with E-state index in [2.05, 4.69) is 10.3 Å². The minimum atomic E-state index is -0.182. The van der Waals surface area contributed by atoms with Gasteiger partial charge >= 0.3 is 0 Å². The lowest BCUT2D eigenvalue weighted by Crippen LogP contribution is -2.16. The topological polar surface area (TPSA) is 46.4 Å². The van der Waals surface area contributed by atoms with Gasteiger partial charge in [-0.1, -0.05) is 17.7 Å². The smallest absolute Gasteiger partial charge is 0.274 e. The summed E-state index contributed by atoms with van der Waals surface area (Å²) in [5.41, 5.74) is 2.84. The number of thiazole rings is 1. The largest absolute Gasteiger partial charge is 0.320 e. The third-order valence-electron chi connectivity index (χ3n) is 3.17. The van der Waals surface area contributed by atoms with Crippen molar-refractivity contribution >= 4 is 39.5 Å². The molecule has 0 saturated carbocycles. The van der Waals surface area contributed by atoms with Gasteiger partial charge in [-0.25, -0.2) is 4.98 Å². The van der Waals surface area contributed by atoms with Crippen LogP contribution in [0.2, 0.25) is 5.02 Å². The zero-order valence-electron chi connectivity index (χ0n) is 11.0. The molecule has 20 heavy (non-hydrogen) atoms. The fraction of sp³-hybridized carbons (Fsp3) is 0.143. The van der Waals surface area contributed by atoms with Crippen molar-refractivity contribution in [2.45, 2.75) is 13.8 Å². The number of anilines is 1. The quantitative estimate of drug-likeness (QED) is 0.780. The van der Waals surface area contributed by atoms with Crippen LogP contribution in [0, 0.1) is 13.8 Å². The number of carbonyl (C=O) groups is 1. The molecule has 3 aromatic rings. The minimum Gasteiger partial charge on any atom is -0.320 e. The van der Waals surface area contributed by atoms with Gasteiger partial charge in [0.1, 0.15) is 5.69 Å². The van der Waals surface area contributed by atoms with Gasteiger partial charge in [0.15, 0.2) is 4.96 Å². The number of rotatable bonds is 2. The van der Waals surface area contributed by atoms with Crippen LogP contribution in [0.15, 0.2) is 29.8 Å². The molecule has 0 atom stereocenters. The molecule has 0 radical (unpaired) electrons. The van der Waals surface area contributed by atoms with Gasteiger partial charge in [-0.3, -0.25) is 9.20 Å². The number of nitrogens with zero attached hydrogens (tertiary/aromatic N) is 2. The van der Waals surface area contributed by atoms with Gasteiger partial charge in [0.2, 0.25) is 0 Å². The Kier molecular flexibility index (Phi) is 3.23. The van der Waals surface area contributed by atoms with Crippen LogP contribution in [0.5, 0.6) is 0 Å². The summed E-state index contributed by atoms with van der Waals surface area (Å²) in [5, 5.41) is 5.44. The van der Waals surface area contributed by atoms with E-state index >= 15 is 0 Å². The maximum Gasteiger partial charge on any atom is 0.274 e. The van der Waals surface area contributed by atoms with E-state index in [4.69, 9.17) is 11.6 Å². The van der Waals surface area contributed by atoms with Crippen molar-refractivity contribution in [1.29, 1.82) is 0 Å². The molecule has 4 nitrogen and oxygen atoms in total. The first-order chi connectivity index (χ1) is 9.58. The van der Waals surface area contributed by atoms with Crippen molar-refractivity contribution in [1.82, 2.24) is 9.38 Å². The SMILES string of the molecule is Cc1nc2sccn2c1C(=O)Nc1cccc(Cl)c1C. The van der Waals surface area contributed by atoms with Crippen molar-refractivity contribution in [3.05, 3.63) is 51.7 Å². The summed E-state index contributed by atoms with van der Waals surface area (Å²) in [6.45, 7) is 3.71. The van der Waals surface area contributed by atoms with Crippen molar-refractivity contribution in [3.8, 4) is 0 Å². The van der Waals surface area contributed by atoms with Crippen molar-refractivity contribution in [3.63, 3.8) is 0 Å². The monoisotopic (exact) mass is 305 g/mol. The van der Waals surface area contributed by atoms with Crippen LogP contribution < -0.4 is 5.32 Å². The Morgan fingerprint density at radius 2 is 2.20 bits per heavy atom. The fourth-order valence-electron chi connectivity index (χ4n) is 2.09. The molecule has 1 aromatic carbocycles. The number of benzene rings is 1. The molecule has 6 heteroatoms. The van der Waals surface area contributed by atoms with Gasteiger partial charge in [-0.2, -0.15) is 0 Å². The first-order valence-electron chi connectivity index (χ1n) is 6.06. The molecule has 0 aliphatic carbocycles. The summed E-state index contributed by atoms with van der Waals surface area (Å²) in [7, 11) is 0. The van der Waals surface area contributed by atoms with Gasteiger partial charge in [-0.05, 0) is 31.5 Å². The molecule has 1 N–H and O–H groups in total. The van der Waals surface area contributed by atoms with E-state index in [1.54, 1.807) is 10.5 Å². The van der Waals surface area contributed by atoms with Crippen molar-refractivity contribution < 1.29 is 4.79 Å². The van der Waals surface area contributed by atoms with E-state index in [0.29, 0.717) is 22.1 Å².